The summed E-state index contributed by atoms with van der Waals surface area (Å²) in [5, 5.41) is 0. The van der Waals surface area contributed by atoms with E-state index < -0.39 is 9.84 Å². The van der Waals surface area contributed by atoms with Crippen molar-refractivity contribution in [2.24, 2.45) is 11.7 Å². The Hall–Kier alpha value is -1.07. The van der Waals surface area contributed by atoms with E-state index in [4.69, 9.17) is 5.73 Å². The smallest absolute Gasteiger partial charge is 0.175 e. The molecule has 0 aromatic heterocycles. The van der Waals surface area contributed by atoms with Crippen LogP contribution in [-0.4, -0.2) is 34.3 Å². The van der Waals surface area contributed by atoms with Crippen molar-refractivity contribution in [2.75, 3.05) is 30.8 Å². The quantitative estimate of drug-likeness (QED) is 0.835. The first-order valence-corrected chi connectivity index (χ1v) is 7.15. The second-order valence-electron chi connectivity index (χ2n) is 4.27. The lowest BCUT2D eigenvalue weighted by molar-refractivity contribution is 0.420. The van der Waals surface area contributed by atoms with Crippen molar-refractivity contribution in [3.05, 3.63) is 24.3 Å². The van der Waals surface area contributed by atoms with Gasteiger partial charge in [-0.25, -0.2) is 8.42 Å². The summed E-state index contributed by atoms with van der Waals surface area (Å²) < 4.78 is 22.5. The molecule has 0 atom stereocenters. The van der Waals surface area contributed by atoms with Crippen molar-refractivity contribution in [1.29, 1.82) is 0 Å². The topological polar surface area (TPSA) is 63.4 Å². The van der Waals surface area contributed by atoms with Crippen LogP contribution in [0.5, 0.6) is 0 Å². The molecule has 2 rings (SSSR count). The van der Waals surface area contributed by atoms with Crippen molar-refractivity contribution in [3.63, 3.8) is 0 Å². The molecule has 1 aromatic carbocycles. The summed E-state index contributed by atoms with van der Waals surface area (Å²) >= 11 is 0. The summed E-state index contributed by atoms with van der Waals surface area (Å²) in [6, 6.07) is 7.01. The van der Waals surface area contributed by atoms with Gasteiger partial charge < -0.3 is 10.6 Å². The van der Waals surface area contributed by atoms with Crippen LogP contribution < -0.4 is 10.6 Å². The molecule has 1 heterocycles. The lowest BCUT2D eigenvalue weighted by atomic mass is 10.00. The van der Waals surface area contributed by atoms with Gasteiger partial charge in [0.05, 0.1) is 4.90 Å². The number of nitrogens with two attached hydrogens (primary N) is 1. The van der Waals surface area contributed by atoms with Crippen LogP contribution in [0, 0.1) is 5.92 Å². The molecule has 0 radical (unpaired) electrons. The molecule has 4 nitrogen and oxygen atoms in total. The Morgan fingerprint density at radius 1 is 1.31 bits per heavy atom. The molecule has 1 aliphatic heterocycles. The highest BCUT2D eigenvalue weighted by Gasteiger charge is 2.25. The minimum Gasteiger partial charge on any atom is -0.371 e. The first kappa shape index (κ1) is 11.4. The van der Waals surface area contributed by atoms with Gasteiger partial charge in [-0.05, 0) is 30.8 Å². The summed E-state index contributed by atoms with van der Waals surface area (Å²) in [4.78, 5) is 2.57. The molecule has 0 spiro atoms. The SMILES string of the molecule is CS(=O)(=O)c1ccc(N2CC(CN)C2)cc1. The number of anilines is 1. The number of nitrogens with zero attached hydrogens (tertiary/aromatic N) is 1. The van der Waals surface area contributed by atoms with Gasteiger partial charge in [0.1, 0.15) is 0 Å². The molecule has 16 heavy (non-hydrogen) atoms. The Labute approximate surface area is 96.0 Å². The number of rotatable bonds is 3. The van der Waals surface area contributed by atoms with Gasteiger partial charge in [-0.2, -0.15) is 0 Å². The van der Waals surface area contributed by atoms with Crippen LogP contribution in [0.3, 0.4) is 0 Å². The fraction of sp³-hybridized carbons (Fsp3) is 0.455. The molecular formula is C11H16N2O2S. The minimum atomic E-state index is -3.09. The molecular weight excluding hydrogens is 224 g/mol. The van der Waals surface area contributed by atoms with E-state index in [1.165, 1.54) is 6.26 Å². The predicted molar refractivity (Wildman–Crippen MR) is 64.3 cm³/mol. The Morgan fingerprint density at radius 3 is 2.31 bits per heavy atom. The molecule has 0 aliphatic carbocycles. The number of benzene rings is 1. The molecule has 1 aliphatic rings. The van der Waals surface area contributed by atoms with Crippen LogP contribution in [0.15, 0.2) is 29.2 Å². The molecule has 88 valence electrons. The first-order valence-electron chi connectivity index (χ1n) is 5.26. The minimum absolute atomic E-state index is 0.368. The fourth-order valence-electron chi connectivity index (χ4n) is 1.83. The van der Waals surface area contributed by atoms with Crippen molar-refractivity contribution < 1.29 is 8.42 Å². The van der Waals surface area contributed by atoms with Crippen molar-refractivity contribution in [2.45, 2.75) is 4.90 Å². The third-order valence-electron chi connectivity index (χ3n) is 2.92. The number of hydrogen-bond donors (Lipinski definition) is 1. The predicted octanol–water partition coefficient (Wildman–Crippen LogP) is 0.485. The monoisotopic (exact) mass is 240 g/mol. The molecule has 0 bridgehead atoms. The number of sulfone groups is 1. The fourth-order valence-corrected chi connectivity index (χ4v) is 2.46. The maximum absolute atomic E-state index is 11.3. The highest BCUT2D eigenvalue weighted by Crippen LogP contribution is 2.25. The summed E-state index contributed by atoms with van der Waals surface area (Å²) in [6.45, 7) is 2.65. The zero-order valence-corrected chi connectivity index (χ0v) is 10.1. The van der Waals surface area contributed by atoms with Crippen molar-refractivity contribution in [3.8, 4) is 0 Å². The molecule has 0 saturated carbocycles. The van der Waals surface area contributed by atoms with E-state index in [0.717, 1.165) is 25.3 Å². The average Bonchev–Trinajstić information content (AvgIpc) is 2.15. The third kappa shape index (κ3) is 2.20. The van der Waals surface area contributed by atoms with Crippen LogP contribution in [0.2, 0.25) is 0 Å². The molecule has 0 unspecified atom stereocenters. The van der Waals surface area contributed by atoms with Gasteiger partial charge in [-0.15, -0.1) is 0 Å². The van der Waals surface area contributed by atoms with E-state index in [9.17, 15) is 8.42 Å². The van der Waals surface area contributed by atoms with Crippen LogP contribution in [0.25, 0.3) is 0 Å². The van der Waals surface area contributed by atoms with E-state index in [0.29, 0.717) is 10.8 Å². The molecule has 1 aromatic rings. The molecule has 5 heteroatoms. The summed E-state index contributed by atoms with van der Waals surface area (Å²) in [5.74, 6) is 0.578. The van der Waals surface area contributed by atoms with E-state index in [2.05, 4.69) is 4.90 Å². The van der Waals surface area contributed by atoms with Gasteiger partial charge in [0.25, 0.3) is 0 Å². The Bertz CT molecular complexity index is 461. The van der Waals surface area contributed by atoms with Gasteiger partial charge in [0.2, 0.25) is 0 Å². The number of hydrogen-bond acceptors (Lipinski definition) is 4. The van der Waals surface area contributed by atoms with Crippen LogP contribution in [-0.2, 0) is 9.84 Å². The zero-order valence-electron chi connectivity index (χ0n) is 9.26. The first-order chi connectivity index (χ1) is 7.50. The highest BCUT2D eigenvalue weighted by atomic mass is 32.2. The second kappa shape index (κ2) is 4.07. The average molecular weight is 240 g/mol. The van der Waals surface area contributed by atoms with E-state index in [1.54, 1.807) is 12.1 Å². The molecule has 1 fully saturated rings. The lowest BCUT2D eigenvalue weighted by Crippen LogP contribution is -2.49. The van der Waals surface area contributed by atoms with E-state index >= 15 is 0 Å². The van der Waals surface area contributed by atoms with Crippen LogP contribution in [0.1, 0.15) is 0 Å². The van der Waals surface area contributed by atoms with Gasteiger partial charge in [-0.1, -0.05) is 0 Å². The van der Waals surface area contributed by atoms with Gasteiger partial charge >= 0.3 is 0 Å². The maximum atomic E-state index is 11.3. The molecule has 2 N–H and O–H groups in total. The van der Waals surface area contributed by atoms with Crippen molar-refractivity contribution >= 4 is 15.5 Å². The third-order valence-corrected chi connectivity index (χ3v) is 4.05. The Kier molecular flexibility index (Phi) is 2.90. The Balaban J connectivity index is 2.10. The Morgan fingerprint density at radius 2 is 1.88 bits per heavy atom. The lowest BCUT2D eigenvalue weighted by Gasteiger charge is -2.40. The van der Waals surface area contributed by atoms with E-state index in [1.807, 2.05) is 12.1 Å². The molecule has 0 amide bonds. The van der Waals surface area contributed by atoms with Gasteiger partial charge in [0, 0.05) is 31.0 Å². The second-order valence-corrected chi connectivity index (χ2v) is 6.29. The van der Waals surface area contributed by atoms with Gasteiger partial charge in [0.15, 0.2) is 9.84 Å². The zero-order chi connectivity index (χ0) is 11.8. The maximum Gasteiger partial charge on any atom is 0.175 e. The summed E-state index contributed by atoms with van der Waals surface area (Å²) in [6.07, 6.45) is 1.22. The summed E-state index contributed by atoms with van der Waals surface area (Å²) in [5.41, 5.74) is 6.62. The normalized spacial score (nSPS) is 17.2. The highest BCUT2D eigenvalue weighted by molar-refractivity contribution is 7.90. The van der Waals surface area contributed by atoms with E-state index in [-0.39, 0.29) is 0 Å². The summed E-state index contributed by atoms with van der Waals surface area (Å²) in [7, 11) is -3.09. The van der Waals surface area contributed by atoms with Crippen molar-refractivity contribution in [1.82, 2.24) is 0 Å². The van der Waals surface area contributed by atoms with Gasteiger partial charge in [-0.3, -0.25) is 0 Å². The van der Waals surface area contributed by atoms with Crippen LogP contribution >= 0.6 is 0 Å². The molecule has 1 saturated heterocycles. The largest absolute Gasteiger partial charge is 0.371 e. The van der Waals surface area contributed by atoms with Crippen LogP contribution in [0.4, 0.5) is 5.69 Å². The standard InChI is InChI=1S/C11H16N2O2S/c1-16(14,15)11-4-2-10(3-5-11)13-7-9(6-12)8-13/h2-5,9H,6-8,12H2,1H3.